The third kappa shape index (κ3) is 3.76. The van der Waals surface area contributed by atoms with Gasteiger partial charge in [-0.2, -0.15) is 0 Å². The van der Waals surface area contributed by atoms with Crippen LogP contribution < -0.4 is 5.73 Å². The molecule has 0 aromatic rings. The topological polar surface area (TPSA) is 66.6 Å². The monoisotopic (exact) mass is 295 g/mol. The lowest BCUT2D eigenvalue weighted by Crippen LogP contribution is -2.42. The zero-order chi connectivity index (χ0) is 15.4. The van der Waals surface area contributed by atoms with Gasteiger partial charge in [-0.1, -0.05) is 20.3 Å². The van der Waals surface area contributed by atoms with Gasteiger partial charge < -0.3 is 15.5 Å². The van der Waals surface area contributed by atoms with Gasteiger partial charge in [-0.15, -0.1) is 0 Å². The van der Waals surface area contributed by atoms with Crippen LogP contribution in [0.4, 0.5) is 0 Å². The van der Waals surface area contributed by atoms with Crippen LogP contribution in [-0.2, 0) is 9.59 Å². The number of amides is 2. The van der Waals surface area contributed by atoms with Crippen molar-refractivity contribution in [1.82, 2.24) is 9.80 Å². The normalized spacial score (nSPS) is 27.0. The zero-order valence-corrected chi connectivity index (χ0v) is 13.4. The maximum Gasteiger partial charge on any atom is 0.226 e. The number of carbonyl (C=O) groups is 2. The van der Waals surface area contributed by atoms with Crippen molar-refractivity contribution >= 4 is 11.8 Å². The summed E-state index contributed by atoms with van der Waals surface area (Å²) in [6.07, 6.45) is 4.05. The summed E-state index contributed by atoms with van der Waals surface area (Å²) in [7, 11) is 0. The van der Waals surface area contributed by atoms with Crippen LogP contribution in [-0.4, -0.2) is 54.3 Å². The number of carbonyl (C=O) groups excluding carboxylic acids is 2. The fourth-order valence-electron chi connectivity index (χ4n) is 3.60. The molecule has 5 nitrogen and oxygen atoms in total. The van der Waals surface area contributed by atoms with E-state index in [-0.39, 0.29) is 23.7 Å². The minimum absolute atomic E-state index is 0.0312. The number of nitrogens with two attached hydrogens (primary N) is 1. The highest BCUT2D eigenvalue weighted by molar-refractivity contribution is 5.80. The van der Waals surface area contributed by atoms with Gasteiger partial charge >= 0.3 is 0 Å². The molecule has 0 radical (unpaired) electrons. The van der Waals surface area contributed by atoms with Crippen LogP contribution in [0.3, 0.4) is 0 Å². The lowest BCUT2D eigenvalue weighted by Gasteiger charge is -2.27. The largest absolute Gasteiger partial charge is 0.341 e. The standard InChI is InChI=1S/C16H29N3O2/c1-12(2)15(20)18-7-4-8-19(10-9-18)16(21)14-6-3-5-13(14)11-17/h12-14H,3-11,17H2,1-2H3/t13-,14-/m1/s1. The summed E-state index contributed by atoms with van der Waals surface area (Å²) in [4.78, 5) is 28.7. The number of rotatable bonds is 3. The Morgan fingerprint density at radius 2 is 1.71 bits per heavy atom. The number of hydrogen-bond donors (Lipinski definition) is 1. The first-order chi connectivity index (χ1) is 10.0. The van der Waals surface area contributed by atoms with Crippen molar-refractivity contribution in [1.29, 1.82) is 0 Å². The maximum atomic E-state index is 12.7. The van der Waals surface area contributed by atoms with Gasteiger partial charge in [0.05, 0.1) is 0 Å². The summed E-state index contributed by atoms with van der Waals surface area (Å²) < 4.78 is 0. The quantitative estimate of drug-likeness (QED) is 0.847. The number of hydrogen-bond acceptors (Lipinski definition) is 3. The van der Waals surface area contributed by atoms with Crippen molar-refractivity contribution in [2.45, 2.75) is 39.5 Å². The Hall–Kier alpha value is -1.10. The van der Waals surface area contributed by atoms with E-state index < -0.39 is 0 Å². The van der Waals surface area contributed by atoms with Crippen LogP contribution in [0.2, 0.25) is 0 Å². The van der Waals surface area contributed by atoms with Crippen molar-refractivity contribution in [2.75, 3.05) is 32.7 Å². The molecule has 1 saturated heterocycles. The molecule has 0 aromatic heterocycles. The van der Waals surface area contributed by atoms with Crippen molar-refractivity contribution in [3.63, 3.8) is 0 Å². The highest BCUT2D eigenvalue weighted by Gasteiger charge is 2.35. The van der Waals surface area contributed by atoms with E-state index in [1.807, 2.05) is 23.6 Å². The molecular weight excluding hydrogens is 266 g/mol. The third-order valence-electron chi connectivity index (χ3n) is 4.89. The number of nitrogens with zero attached hydrogens (tertiary/aromatic N) is 2. The summed E-state index contributed by atoms with van der Waals surface area (Å²) in [6, 6.07) is 0. The fourth-order valence-corrected chi connectivity index (χ4v) is 3.60. The van der Waals surface area contributed by atoms with E-state index in [0.29, 0.717) is 25.6 Å². The van der Waals surface area contributed by atoms with Crippen LogP contribution >= 0.6 is 0 Å². The molecule has 0 bridgehead atoms. The van der Waals surface area contributed by atoms with Gasteiger partial charge in [0.25, 0.3) is 0 Å². The van der Waals surface area contributed by atoms with Crippen LogP contribution in [0.5, 0.6) is 0 Å². The van der Waals surface area contributed by atoms with Crippen LogP contribution in [0.25, 0.3) is 0 Å². The Kier molecular flexibility index (Phi) is 5.62. The molecule has 0 unspecified atom stereocenters. The van der Waals surface area contributed by atoms with Crippen molar-refractivity contribution < 1.29 is 9.59 Å². The van der Waals surface area contributed by atoms with E-state index in [4.69, 9.17) is 5.73 Å². The van der Waals surface area contributed by atoms with Gasteiger partial charge in [-0.3, -0.25) is 9.59 Å². The van der Waals surface area contributed by atoms with Crippen molar-refractivity contribution in [2.24, 2.45) is 23.5 Å². The van der Waals surface area contributed by atoms with Gasteiger partial charge in [0.2, 0.25) is 11.8 Å². The molecule has 2 atom stereocenters. The second kappa shape index (κ2) is 7.25. The molecule has 2 rings (SSSR count). The second-order valence-electron chi connectivity index (χ2n) is 6.69. The molecule has 1 saturated carbocycles. The third-order valence-corrected chi connectivity index (χ3v) is 4.89. The molecular formula is C16H29N3O2. The molecule has 120 valence electrons. The minimum Gasteiger partial charge on any atom is -0.341 e. The Morgan fingerprint density at radius 1 is 1.05 bits per heavy atom. The van der Waals surface area contributed by atoms with E-state index in [0.717, 1.165) is 38.8 Å². The average Bonchev–Trinajstić information content (AvgIpc) is 2.82. The second-order valence-corrected chi connectivity index (χ2v) is 6.69. The van der Waals surface area contributed by atoms with E-state index in [9.17, 15) is 9.59 Å². The molecule has 1 aliphatic heterocycles. The van der Waals surface area contributed by atoms with Gasteiger partial charge in [-0.05, 0) is 31.7 Å². The Balaban J connectivity index is 1.93. The molecule has 5 heteroatoms. The first-order valence-corrected chi connectivity index (χ1v) is 8.32. The van der Waals surface area contributed by atoms with Gasteiger partial charge in [0, 0.05) is 38.0 Å². The van der Waals surface area contributed by atoms with Crippen LogP contribution in [0.1, 0.15) is 39.5 Å². The predicted octanol–water partition coefficient (Wildman–Crippen LogP) is 1.08. The summed E-state index contributed by atoms with van der Waals surface area (Å²) in [5.74, 6) is 0.965. The molecule has 1 aliphatic carbocycles. The van der Waals surface area contributed by atoms with E-state index in [1.165, 1.54) is 0 Å². The first kappa shape index (κ1) is 16.3. The van der Waals surface area contributed by atoms with Crippen LogP contribution in [0, 0.1) is 17.8 Å². The molecule has 2 fully saturated rings. The van der Waals surface area contributed by atoms with Gasteiger partial charge in [-0.25, -0.2) is 0 Å². The molecule has 2 aliphatic rings. The zero-order valence-electron chi connectivity index (χ0n) is 13.4. The smallest absolute Gasteiger partial charge is 0.226 e. The Labute approximate surface area is 127 Å². The Bertz CT molecular complexity index is 384. The summed E-state index contributed by atoms with van der Waals surface area (Å²) in [6.45, 7) is 7.36. The molecule has 2 N–H and O–H groups in total. The van der Waals surface area contributed by atoms with E-state index >= 15 is 0 Å². The minimum atomic E-state index is 0.0312. The van der Waals surface area contributed by atoms with E-state index in [1.54, 1.807) is 0 Å². The molecule has 21 heavy (non-hydrogen) atoms. The van der Waals surface area contributed by atoms with Crippen molar-refractivity contribution in [3.05, 3.63) is 0 Å². The first-order valence-electron chi connectivity index (χ1n) is 8.32. The van der Waals surface area contributed by atoms with Crippen LogP contribution in [0.15, 0.2) is 0 Å². The lowest BCUT2D eigenvalue weighted by atomic mass is 9.94. The Morgan fingerprint density at radius 3 is 2.38 bits per heavy atom. The maximum absolute atomic E-state index is 12.7. The SMILES string of the molecule is CC(C)C(=O)N1CCCN(C(=O)[C@@H]2CCC[C@@H]2CN)CC1. The summed E-state index contributed by atoms with van der Waals surface area (Å²) >= 11 is 0. The molecule has 1 heterocycles. The molecule has 0 aromatic carbocycles. The van der Waals surface area contributed by atoms with Crippen molar-refractivity contribution in [3.8, 4) is 0 Å². The van der Waals surface area contributed by atoms with Gasteiger partial charge in [0.15, 0.2) is 0 Å². The average molecular weight is 295 g/mol. The molecule has 2 amide bonds. The summed E-state index contributed by atoms with van der Waals surface area (Å²) in [5.41, 5.74) is 5.79. The highest BCUT2D eigenvalue weighted by Crippen LogP contribution is 2.32. The van der Waals surface area contributed by atoms with E-state index in [2.05, 4.69) is 0 Å². The van der Waals surface area contributed by atoms with Gasteiger partial charge in [0.1, 0.15) is 0 Å². The summed E-state index contributed by atoms with van der Waals surface area (Å²) in [5, 5.41) is 0. The lowest BCUT2D eigenvalue weighted by molar-refractivity contribution is -0.138. The highest BCUT2D eigenvalue weighted by atomic mass is 16.2. The molecule has 0 spiro atoms. The predicted molar refractivity (Wildman–Crippen MR) is 82.5 cm³/mol. The fraction of sp³-hybridized carbons (Fsp3) is 0.875.